The van der Waals surface area contributed by atoms with Gasteiger partial charge in [-0.05, 0) is 37.2 Å². The number of hydrogen-bond donors (Lipinski definition) is 2. The molecule has 1 amide bonds. The van der Waals surface area contributed by atoms with Crippen LogP contribution in [-0.4, -0.2) is 37.0 Å². The van der Waals surface area contributed by atoms with Crippen molar-refractivity contribution in [2.24, 2.45) is 5.73 Å². The number of likely N-dealkylation sites (N-methyl/N-ethyl adjacent to an activating group) is 1. The smallest absolute Gasteiger partial charge is 0.239 e. The second-order valence-electron chi connectivity index (χ2n) is 4.83. The molecule has 1 rings (SSSR count). The molecule has 0 saturated heterocycles. The molecule has 0 radical (unpaired) electrons. The summed E-state index contributed by atoms with van der Waals surface area (Å²) in [5.41, 5.74) is 7.28. The van der Waals surface area contributed by atoms with Crippen molar-refractivity contribution in [2.45, 2.75) is 26.8 Å². The fourth-order valence-electron chi connectivity index (χ4n) is 2.08. The maximum atomic E-state index is 11.6. The van der Waals surface area contributed by atoms with Gasteiger partial charge in [0.25, 0.3) is 0 Å². The summed E-state index contributed by atoms with van der Waals surface area (Å²) in [4.78, 5) is 13.9. The number of amides is 1. The Morgan fingerprint density at radius 1 is 1.40 bits per heavy atom. The summed E-state index contributed by atoms with van der Waals surface area (Å²) in [5, 5.41) is 3.86. The molecule has 5 heteroatoms. The van der Waals surface area contributed by atoms with E-state index in [0.29, 0.717) is 11.6 Å². The maximum Gasteiger partial charge on any atom is 0.239 e. The zero-order valence-corrected chi connectivity index (χ0v) is 13.2. The van der Waals surface area contributed by atoms with Gasteiger partial charge in [0.1, 0.15) is 6.04 Å². The van der Waals surface area contributed by atoms with Crippen LogP contribution in [0.5, 0.6) is 0 Å². The number of carbonyl (C=O) groups is 1. The number of nitrogens with one attached hydrogen (secondary N) is 1. The van der Waals surface area contributed by atoms with Gasteiger partial charge < -0.3 is 16.0 Å². The van der Waals surface area contributed by atoms with Crippen molar-refractivity contribution in [3.05, 3.63) is 34.3 Å². The zero-order valence-electron chi connectivity index (χ0n) is 12.4. The molecule has 0 saturated carbocycles. The third kappa shape index (κ3) is 4.78. The average Bonchev–Trinajstić information content (AvgIpc) is 2.42. The van der Waals surface area contributed by atoms with E-state index in [1.165, 1.54) is 0 Å². The largest absolute Gasteiger partial charge is 0.368 e. The molecule has 1 aromatic carbocycles. The minimum Gasteiger partial charge on any atom is -0.368 e. The fourth-order valence-corrected chi connectivity index (χ4v) is 2.27. The third-order valence-electron chi connectivity index (χ3n) is 3.48. The van der Waals surface area contributed by atoms with E-state index in [1.807, 2.05) is 19.1 Å². The third-order valence-corrected chi connectivity index (χ3v) is 3.89. The Kier molecular flexibility index (Phi) is 6.99. The number of aryl methyl sites for hydroxylation is 1. The molecule has 0 spiro atoms. The van der Waals surface area contributed by atoms with Crippen LogP contribution in [0.1, 0.15) is 31.0 Å². The summed E-state index contributed by atoms with van der Waals surface area (Å²) < 4.78 is 0. The Morgan fingerprint density at radius 2 is 2.05 bits per heavy atom. The highest BCUT2D eigenvalue weighted by Gasteiger charge is 2.17. The summed E-state index contributed by atoms with van der Waals surface area (Å²) in [6.45, 7) is 9.76. The van der Waals surface area contributed by atoms with E-state index >= 15 is 0 Å². The summed E-state index contributed by atoms with van der Waals surface area (Å²) in [6.07, 6.45) is 0. The van der Waals surface area contributed by atoms with Gasteiger partial charge in [0.05, 0.1) is 0 Å². The molecule has 0 bridgehead atoms. The van der Waals surface area contributed by atoms with Gasteiger partial charge in [0.15, 0.2) is 0 Å². The van der Waals surface area contributed by atoms with Gasteiger partial charge >= 0.3 is 0 Å². The Hall–Kier alpha value is -1.10. The molecule has 1 aromatic rings. The number of primary amides is 1. The molecule has 112 valence electrons. The van der Waals surface area contributed by atoms with Gasteiger partial charge in [-0.2, -0.15) is 0 Å². The summed E-state index contributed by atoms with van der Waals surface area (Å²) in [7, 11) is 0. The number of nitrogens with two attached hydrogens (primary N) is 1. The Balaban J connectivity index is 2.69. The van der Waals surface area contributed by atoms with E-state index < -0.39 is 6.04 Å². The molecule has 0 aliphatic carbocycles. The highest BCUT2D eigenvalue weighted by molar-refractivity contribution is 6.31. The predicted octanol–water partition coefficient (Wildman–Crippen LogP) is 2.11. The van der Waals surface area contributed by atoms with Crippen molar-refractivity contribution < 1.29 is 4.79 Å². The van der Waals surface area contributed by atoms with E-state index in [9.17, 15) is 4.79 Å². The Bertz CT molecular complexity index is 447. The Labute approximate surface area is 126 Å². The molecule has 1 unspecified atom stereocenters. The molecular weight excluding hydrogens is 274 g/mol. The normalized spacial score (nSPS) is 12.7. The van der Waals surface area contributed by atoms with Crippen LogP contribution in [0.2, 0.25) is 5.02 Å². The Morgan fingerprint density at radius 3 is 2.55 bits per heavy atom. The number of carbonyl (C=O) groups excluding carboxylic acids is 1. The lowest BCUT2D eigenvalue weighted by atomic mass is 10.0. The molecule has 0 heterocycles. The first-order chi connectivity index (χ1) is 9.49. The molecule has 0 fully saturated rings. The van der Waals surface area contributed by atoms with Crippen molar-refractivity contribution in [3.8, 4) is 0 Å². The number of benzene rings is 1. The van der Waals surface area contributed by atoms with Gasteiger partial charge in [-0.25, -0.2) is 0 Å². The van der Waals surface area contributed by atoms with Crippen LogP contribution < -0.4 is 11.1 Å². The van der Waals surface area contributed by atoms with Gasteiger partial charge in [0, 0.05) is 18.1 Å². The lowest BCUT2D eigenvalue weighted by Crippen LogP contribution is -2.38. The first kappa shape index (κ1) is 17.0. The van der Waals surface area contributed by atoms with E-state index in [-0.39, 0.29) is 5.91 Å². The van der Waals surface area contributed by atoms with Crippen molar-refractivity contribution in [2.75, 3.05) is 26.2 Å². The number of rotatable bonds is 8. The molecule has 3 N–H and O–H groups in total. The summed E-state index contributed by atoms with van der Waals surface area (Å²) >= 11 is 6.10. The zero-order chi connectivity index (χ0) is 15.1. The highest BCUT2D eigenvalue weighted by atomic mass is 35.5. The number of nitrogens with zero attached hydrogens (tertiary/aromatic N) is 1. The quantitative estimate of drug-likeness (QED) is 0.772. The number of halogens is 1. The lowest BCUT2D eigenvalue weighted by molar-refractivity contribution is -0.120. The van der Waals surface area contributed by atoms with Crippen LogP contribution in [0.25, 0.3) is 0 Å². The van der Waals surface area contributed by atoms with Crippen molar-refractivity contribution in [3.63, 3.8) is 0 Å². The lowest BCUT2D eigenvalue weighted by Gasteiger charge is -2.21. The fraction of sp³-hybridized carbons (Fsp3) is 0.533. The van der Waals surface area contributed by atoms with E-state index in [4.69, 9.17) is 17.3 Å². The van der Waals surface area contributed by atoms with E-state index in [1.54, 1.807) is 6.07 Å². The standard InChI is InChI=1S/C15H24ClN3O/c1-4-19(5-2)9-8-18-14(15(17)20)12-7-6-11(3)13(16)10-12/h6-7,10,14,18H,4-5,8-9H2,1-3H3,(H2,17,20). The molecule has 4 nitrogen and oxygen atoms in total. The second-order valence-corrected chi connectivity index (χ2v) is 5.23. The first-order valence-electron chi connectivity index (χ1n) is 7.00. The van der Waals surface area contributed by atoms with Crippen LogP contribution in [0.3, 0.4) is 0 Å². The average molecular weight is 298 g/mol. The first-order valence-corrected chi connectivity index (χ1v) is 7.38. The van der Waals surface area contributed by atoms with Gasteiger partial charge in [-0.3, -0.25) is 4.79 Å². The predicted molar refractivity (Wildman–Crippen MR) is 83.9 cm³/mol. The summed E-state index contributed by atoms with van der Waals surface area (Å²) in [5.74, 6) is -0.385. The molecule has 1 atom stereocenters. The monoisotopic (exact) mass is 297 g/mol. The molecule has 0 aromatic heterocycles. The van der Waals surface area contributed by atoms with Crippen LogP contribution in [0.15, 0.2) is 18.2 Å². The van der Waals surface area contributed by atoms with E-state index in [0.717, 1.165) is 30.8 Å². The SMILES string of the molecule is CCN(CC)CCNC(C(N)=O)c1ccc(C)c(Cl)c1. The van der Waals surface area contributed by atoms with Crippen molar-refractivity contribution in [1.29, 1.82) is 0 Å². The van der Waals surface area contributed by atoms with E-state index in [2.05, 4.69) is 24.1 Å². The maximum absolute atomic E-state index is 11.6. The highest BCUT2D eigenvalue weighted by Crippen LogP contribution is 2.21. The second kappa shape index (κ2) is 8.25. The molecule has 20 heavy (non-hydrogen) atoms. The van der Waals surface area contributed by atoms with Gasteiger partial charge in [-0.15, -0.1) is 0 Å². The van der Waals surface area contributed by atoms with Gasteiger partial charge in [0.2, 0.25) is 5.91 Å². The van der Waals surface area contributed by atoms with Gasteiger partial charge in [-0.1, -0.05) is 37.6 Å². The minimum absolute atomic E-state index is 0.385. The van der Waals surface area contributed by atoms with Crippen LogP contribution in [0.4, 0.5) is 0 Å². The molecule has 0 aliphatic rings. The minimum atomic E-state index is -0.497. The van der Waals surface area contributed by atoms with Crippen LogP contribution >= 0.6 is 11.6 Å². The molecular formula is C15H24ClN3O. The topological polar surface area (TPSA) is 58.4 Å². The van der Waals surface area contributed by atoms with Crippen LogP contribution in [-0.2, 0) is 4.79 Å². The number of hydrogen-bond acceptors (Lipinski definition) is 3. The van der Waals surface area contributed by atoms with Crippen LogP contribution in [0, 0.1) is 6.92 Å². The van der Waals surface area contributed by atoms with Crippen molar-refractivity contribution in [1.82, 2.24) is 10.2 Å². The summed E-state index contributed by atoms with van der Waals surface area (Å²) in [6, 6.07) is 5.10. The van der Waals surface area contributed by atoms with Crippen molar-refractivity contribution >= 4 is 17.5 Å². The molecule has 0 aliphatic heterocycles.